The summed E-state index contributed by atoms with van der Waals surface area (Å²) >= 11 is 0. The van der Waals surface area contributed by atoms with Gasteiger partial charge in [-0.2, -0.15) is 0 Å². The second-order valence-electron chi connectivity index (χ2n) is 4.05. The Kier molecular flexibility index (Phi) is 4.94. The molecule has 1 unspecified atom stereocenters. The number of carbonyl (C=O) groups excluding carboxylic acids is 1. The van der Waals surface area contributed by atoms with Gasteiger partial charge in [0.15, 0.2) is 0 Å². The van der Waals surface area contributed by atoms with E-state index in [0.29, 0.717) is 12.3 Å². The fourth-order valence-corrected chi connectivity index (χ4v) is 2.10. The van der Waals surface area contributed by atoms with Crippen LogP contribution in [-0.4, -0.2) is 19.2 Å². The molecule has 0 bridgehead atoms. The minimum absolute atomic E-state index is 0.262. The van der Waals surface area contributed by atoms with Crippen molar-refractivity contribution < 1.29 is 14.6 Å². The fraction of sp³-hybridized carbons (Fsp3) is 0.909. The molecule has 0 aromatic rings. The van der Waals surface area contributed by atoms with Gasteiger partial charge >= 0.3 is 5.97 Å². The minimum atomic E-state index is -0.561. The summed E-state index contributed by atoms with van der Waals surface area (Å²) in [5.74, 6) is 0.0371. The van der Waals surface area contributed by atoms with Crippen molar-refractivity contribution in [3.05, 3.63) is 0 Å². The quantitative estimate of drug-likeness (QED) is 0.652. The molecule has 3 heteroatoms. The second-order valence-corrected chi connectivity index (χ2v) is 4.05. The van der Waals surface area contributed by atoms with E-state index in [4.69, 9.17) is 0 Å². The summed E-state index contributed by atoms with van der Waals surface area (Å²) in [6.45, 7) is 0. The van der Waals surface area contributed by atoms with Crippen molar-refractivity contribution >= 4 is 5.97 Å². The van der Waals surface area contributed by atoms with E-state index in [9.17, 15) is 9.90 Å². The average molecular weight is 199 g/mol. The maximum absolute atomic E-state index is 11.7. The number of carbonyl (C=O) groups is 1. The summed E-state index contributed by atoms with van der Waals surface area (Å²) < 4.78 is 4.51. The Morgan fingerprint density at radius 3 is 2.57 bits per heavy atom. The predicted molar refractivity (Wildman–Crippen MR) is 52.3 cm³/mol. The van der Waals surface area contributed by atoms with Gasteiger partial charge in [-0.3, -0.25) is 4.79 Å². The van der Waals surface area contributed by atoms with Gasteiger partial charge in [-0.1, -0.05) is 19.3 Å². The first-order valence-electron chi connectivity index (χ1n) is 5.46. The van der Waals surface area contributed by atoms with Gasteiger partial charge in [-0.15, -0.1) is 0 Å². The zero-order valence-corrected chi connectivity index (χ0v) is 8.83. The molecule has 0 aliphatic heterocycles. The molecule has 0 aromatic carbocycles. The number of hydrogen-bond donors (Lipinski definition) is 0. The minimum Gasteiger partial charge on any atom is -0.469 e. The summed E-state index contributed by atoms with van der Waals surface area (Å²) in [6.07, 6.45) is 5.89. The van der Waals surface area contributed by atoms with Gasteiger partial charge < -0.3 is 4.74 Å². The number of esters is 1. The molecule has 1 saturated carbocycles. The van der Waals surface area contributed by atoms with Crippen LogP contribution in [0.1, 0.15) is 44.9 Å². The molecular formula is C11H19O3. The zero-order chi connectivity index (χ0) is 10.4. The van der Waals surface area contributed by atoms with Crippen molar-refractivity contribution in [1.82, 2.24) is 0 Å². The Labute approximate surface area is 85.5 Å². The third kappa shape index (κ3) is 3.66. The van der Waals surface area contributed by atoms with Crippen LogP contribution in [0.4, 0.5) is 0 Å². The lowest BCUT2D eigenvalue weighted by molar-refractivity contribution is -0.141. The summed E-state index contributed by atoms with van der Waals surface area (Å²) in [4.78, 5) is 10.8. The van der Waals surface area contributed by atoms with Gasteiger partial charge in [0, 0.05) is 6.42 Å². The number of ether oxygens (including phenoxy) is 1. The first-order valence-corrected chi connectivity index (χ1v) is 5.46. The van der Waals surface area contributed by atoms with Crippen molar-refractivity contribution in [2.45, 2.75) is 51.0 Å². The Morgan fingerprint density at radius 1 is 1.36 bits per heavy atom. The summed E-state index contributed by atoms with van der Waals surface area (Å²) in [7, 11) is 1.36. The Balaban J connectivity index is 2.19. The molecule has 1 aliphatic carbocycles. The average Bonchev–Trinajstić information content (AvgIpc) is 2.26. The van der Waals surface area contributed by atoms with E-state index in [1.165, 1.54) is 26.4 Å². The summed E-state index contributed by atoms with van der Waals surface area (Å²) in [5, 5.41) is 11.7. The Hall–Kier alpha value is -0.570. The van der Waals surface area contributed by atoms with Crippen LogP contribution in [0.25, 0.3) is 0 Å². The molecule has 0 spiro atoms. The van der Waals surface area contributed by atoms with Gasteiger partial charge in [0.25, 0.3) is 0 Å². The molecule has 0 N–H and O–H groups in total. The highest BCUT2D eigenvalue weighted by Crippen LogP contribution is 2.28. The van der Waals surface area contributed by atoms with Gasteiger partial charge in [0.1, 0.15) is 0 Å². The third-order valence-electron chi connectivity index (χ3n) is 3.04. The lowest BCUT2D eigenvalue weighted by Crippen LogP contribution is -2.22. The fourth-order valence-electron chi connectivity index (χ4n) is 2.10. The van der Waals surface area contributed by atoms with E-state index < -0.39 is 6.10 Å². The van der Waals surface area contributed by atoms with E-state index in [1.54, 1.807) is 0 Å². The monoisotopic (exact) mass is 199 g/mol. The zero-order valence-electron chi connectivity index (χ0n) is 8.83. The number of hydrogen-bond acceptors (Lipinski definition) is 2. The molecular weight excluding hydrogens is 180 g/mol. The second kappa shape index (κ2) is 6.02. The molecule has 1 aliphatic rings. The Morgan fingerprint density at radius 2 is 2.00 bits per heavy atom. The van der Waals surface area contributed by atoms with Gasteiger partial charge in [0.2, 0.25) is 0 Å². The molecule has 0 saturated heterocycles. The molecule has 1 rings (SSSR count). The van der Waals surface area contributed by atoms with Crippen molar-refractivity contribution in [1.29, 1.82) is 0 Å². The molecule has 1 fully saturated rings. The van der Waals surface area contributed by atoms with Gasteiger partial charge in [0.05, 0.1) is 13.2 Å². The van der Waals surface area contributed by atoms with Crippen LogP contribution in [0.2, 0.25) is 0 Å². The highest BCUT2D eigenvalue weighted by Gasteiger charge is 2.23. The molecule has 14 heavy (non-hydrogen) atoms. The summed E-state index contributed by atoms with van der Waals surface area (Å²) in [5.41, 5.74) is 0. The molecule has 81 valence electrons. The first kappa shape index (κ1) is 11.5. The standard InChI is InChI=1S/C11H19O3/c1-14-11(13)8-7-10(12)9-5-3-2-4-6-9/h9-10H,2-8H2,1H3. The Bertz CT molecular complexity index is 173. The van der Waals surface area contributed by atoms with E-state index in [0.717, 1.165) is 12.8 Å². The maximum Gasteiger partial charge on any atom is 0.305 e. The smallest absolute Gasteiger partial charge is 0.305 e. The van der Waals surface area contributed by atoms with Crippen LogP contribution in [0.5, 0.6) is 0 Å². The van der Waals surface area contributed by atoms with Crippen LogP contribution in [-0.2, 0) is 14.6 Å². The molecule has 3 nitrogen and oxygen atoms in total. The largest absolute Gasteiger partial charge is 0.469 e. The SMILES string of the molecule is COC(=O)CCC([O])C1CCCCC1. The molecule has 0 aromatic heterocycles. The van der Waals surface area contributed by atoms with Crippen molar-refractivity contribution in [3.63, 3.8) is 0 Å². The van der Waals surface area contributed by atoms with Crippen molar-refractivity contribution in [3.8, 4) is 0 Å². The first-order chi connectivity index (χ1) is 6.74. The van der Waals surface area contributed by atoms with Crippen LogP contribution >= 0.6 is 0 Å². The lowest BCUT2D eigenvalue weighted by Gasteiger charge is -2.24. The van der Waals surface area contributed by atoms with E-state index in [1.807, 2.05) is 0 Å². The van der Waals surface area contributed by atoms with E-state index in [-0.39, 0.29) is 12.4 Å². The van der Waals surface area contributed by atoms with Crippen molar-refractivity contribution in [2.75, 3.05) is 7.11 Å². The normalized spacial score (nSPS) is 20.4. The molecule has 1 atom stereocenters. The topological polar surface area (TPSA) is 46.2 Å². The summed E-state index contributed by atoms with van der Waals surface area (Å²) in [6, 6.07) is 0. The van der Waals surface area contributed by atoms with Crippen LogP contribution in [0.15, 0.2) is 0 Å². The number of methoxy groups -OCH3 is 1. The molecule has 0 amide bonds. The van der Waals surface area contributed by atoms with Gasteiger partial charge in [-0.25, -0.2) is 5.11 Å². The highest BCUT2D eigenvalue weighted by molar-refractivity contribution is 5.69. The van der Waals surface area contributed by atoms with Crippen LogP contribution in [0, 0.1) is 5.92 Å². The number of rotatable bonds is 4. The third-order valence-corrected chi connectivity index (χ3v) is 3.04. The molecule has 0 heterocycles. The maximum atomic E-state index is 11.7. The lowest BCUT2D eigenvalue weighted by atomic mass is 9.84. The van der Waals surface area contributed by atoms with Gasteiger partial charge in [-0.05, 0) is 25.2 Å². The predicted octanol–water partition coefficient (Wildman–Crippen LogP) is 2.32. The van der Waals surface area contributed by atoms with Crippen LogP contribution < -0.4 is 0 Å². The molecule has 1 radical (unpaired) electrons. The van der Waals surface area contributed by atoms with Crippen molar-refractivity contribution in [2.24, 2.45) is 5.92 Å². The van der Waals surface area contributed by atoms with E-state index >= 15 is 0 Å². The van der Waals surface area contributed by atoms with E-state index in [2.05, 4.69) is 4.74 Å². The van der Waals surface area contributed by atoms with Crippen LogP contribution in [0.3, 0.4) is 0 Å². The highest BCUT2D eigenvalue weighted by atomic mass is 16.5.